The molecular formula is C13H16N4O3. The lowest BCUT2D eigenvalue weighted by molar-refractivity contribution is 0.101. The first-order chi connectivity index (χ1) is 9.52. The first kappa shape index (κ1) is 12.9. The van der Waals surface area contributed by atoms with Gasteiger partial charge in [0.2, 0.25) is 5.43 Å². The van der Waals surface area contributed by atoms with E-state index in [-0.39, 0.29) is 29.8 Å². The lowest BCUT2D eigenvalue weighted by atomic mass is 10.0. The van der Waals surface area contributed by atoms with Gasteiger partial charge in [0.25, 0.3) is 0 Å². The van der Waals surface area contributed by atoms with E-state index in [0.717, 1.165) is 5.57 Å². The predicted molar refractivity (Wildman–Crippen MR) is 74.1 cm³/mol. The molecule has 0 radical (unpaired) electrons. The third kappa shape index (κ3) is 1.75. The van der Waals surface area contributed by atoms with Gasteiger partial charge in [-0.2, -0.15) is 0 Å². The first-order valence-corrected chi connectivity index (χ1v) is 6.36. The lowest BCUT2D eigenvalue weighted by Gasteiger charge is -2.16. The van der Waals surface area contributed by atoms with E-state index >= 15 is 0 Å². The van der Waals surface area contributed by atoms with Gasteiger partial charge >= 0.3 is 0 Å². The number of aliphatic hydroxyl groups is 2. The molecule has 0 saturated heterocycles. The van der Waals surface area contributed by atoms with E-state index < -0.39 is 6.10 Å². The maximum absolute atomic E-state index is 11.8. The number of nitrogen functional groups attached to an aromatic ring is 1. The summed E-state index contributed by atoms with van der Waals surface area (Å²) in [5, 5.41) is 19.3. The second-order valence-electron chi connectivity index (χ2n) is 5.12. The summed E-state index contributed by atoms with van der Waals surface area (Å²) in [6.45, 7) is 3.80. The topological polar surface area (TPSA) is 117 Å². The lowest BCUT2D eigenvalue weighted by Crippen LogP contribution is -2.17. The van der Waals surface area contributed by atoms with Crippen molar-refractivity contribution in [3.05, 3.63) is 34.8 Å². The van der Waals surface area contributed by atoms with Crippen molar-refractivity contribution in [2.45, 2.75) is 18.6 Å². The van der Waals surface area contributed by atoms with Gasteiger partial charge in [0, 0.05) is 12.0 Å². The molecule has 0 amide bonds. The molecular weight excluding hydrogens is 260 g/mol. The van der Waals surface area contributed by atoms with Crippen molar-refractivity contribution in [3.8, 4) is 0 Å². The smallest absolute Gasteiger partial charge is 0.211 e. The molecule has 0 spiro atoms. The summed E-state index contributed by atoms with van der Waals surface area (Å²) < 4.78 is 1.74. The quantitative estimate of drug-likeness (QED) is 0.566. The Labute approximate surface area is 114 Å². The number of anilines is 1. The van der Waals surface area contributed by atoms with Crippen molar-refractivity contribution >= 4 is 17.0 Å². The minimum absolute atomic E-state index is 0.151. The van der Waals surface area contributed by atoms with Gasteiger partial charge in [-0.25, -0.2) is 4.98 Å². The van der Waals surface area contributed by atoms with Crippen LogP contribution in [0, 0.1) is 5.92 Å². The number of aromatic nitrogens is 3. The van der Waals surface area contributed by atoms with Crippen LogP contribution in [0.2, 0.25) is 0 Å². The average molecular weight is 276 g/mol. The van der Waals surface area contributed by atoms with Gasteiger partial charge in [0.15, 0.2) is 5.52 Å². The monoisotopic (exact) mass is 276 g/mol. The number of imidazole rings is 1. The number of hydrogen-bond acceptors (Lipinski definition) is 5. The zero-order valence-electron chi connectivity index (χ0n) is 10.8. The summed E-state index contributed by atoms with van der Waals surface area (Å²) in [5.74, 6) is -0.0997. The molecule has 20 heavy (non-hydrogen) atoms. The molecule has 2 unspecified atom stereocenters. The fraction of sp³-hybridized carbons (Fsp3) is 0.385. The standard InChI is InChI=1S/C13H16N4O3/c1-6-7(4-18)9(19)2-8(6)17-5-15-12-10(20)3-11(14)16-13(12)17/h3,5,7-9,18-19H,1-2,4H2,(H3,14,16,20)/t7?,8?,9-/m0/s1. The summed E-state index contributed by atoms with van der Waals surface area (Å²) >= 11 is 0. The molecule has 0 bridgehead atoms. The summed E-state index contributed by atoms with van der Waals surface area (Å²) in [7, 11) is 0. The number of H-pyrrole nitrogens is 1. The molecule has 3 rings (SSSR count). The third-order valence-electron chi connectivity index (χ3n) is 3.94. The van der Waals surface area contributed by atoms with Crippen LogP contribution in [-0.4, -0.2) is 37.5 Å². The third-order valence-corrected chi connectivity index (χ3v) is 3.94. The molecule has 1 saturated carbocycles. The fourth-order valence-electron chi connectivity index (χ4n) is 2.85. The number of fused-ring (bicyclic) bond motifs is 1. The number of aliphatic hydroxyl groups excluding tert-OH is 2. The zero-order valence-corrected chi connectivity index (χ0v) is 10.8. The van der Waals surface area contributed by atoms with Crippen LogP contribution in [0.15, 0.2) is 29.3 Å². The van der Waals surface area contributed by atoms with Crippen molar-refractivity contribution < 1.29 is 10.2 Å². The first-order valence-electron chi connectivity index (χ1n) is 6.36. The van der Waals surface area contributed by atoms with Gasteiger partial charge in [0.1, 0.15) is 11.5 Å². The Morgan fingerprint density at radius 3 is 3.00 bits per heavy atom. The average Bonchev–Trinajstić information content (AvgIpc) is 2.91. The van der Waals surface area contributed by atoms with Gasteiger partial charge in [-0.15, -0.1) is 0 Å². The molecule has 2 aromatic heterocycles. The van der Waals surface area contributed by atoms with E-state index in [4.69, 9.17) is 5.73 Å². The van der Waals surface area contributed by atoms with Crippen molar-refractivity contribution in [2.24, 2.45) is 5.92 Å². The van der Waals surface area contributed by atoms with Crippen molar-refractivity contribution in [3.63, 3.8) is 0 Å². The molecule has 1 fully saturated rings. The summed E-state index contributed by atoms with van der Waals surface area (Å²) in [4.78, 5) is 18.8. The van der Waals surface area contributed by atoms with Crippen LogP contribution in [0.3, 0.4) is 0 Å². The summed E-state index contributed by atoms with van der Waals surface area (Å²) in [5.41, 5.74) is 6.94. The number of aromatic amines is 1. The maximum Gasteiger partial charge on any atom is 0.211 e. The molecule has 7 heteroatoms. The van der Waals surface area contributed by atoms with E-state index in [1.165, 1.54) is 12.4 Å². The molecule has 1 aliphatic rings. The molecule has 0 aliphatic heterocycles. The molecule has 7 nitrogen and oxygen atoms in total. The highest BCUT2D eigenvalue weighted by Crippen LogP contribution is 2.39. The van der Waals surface area contributed by atoms with Crippen molar-refractivity contribution in [1.29, 1.82) is 0 Å². The highest BCUT2D eigenvalue weighted by molar-refractivity contribution is 5.72. The van der Waals surface area contributed by atoms with Crippen LogP contribution in [0.25, 0.3) is 11.2 Å². The van der Waals surface area contributed by atoms with Crippen LogP contribution in [0.5, 0.6) is 0 Å². The van der Waals surface area contributed by atoms with E-state index in [1.54, 1.807) is 4.57 Å². The van der Waals surface area contributed by atoms with E-state index in [0.29, 0.717) is 17.6 Å². The zero-order chi connectivity index (χ0) is 14.4. The largest absolute Gasteiger partial charge is 0.396 e. The number of nitrogens with two attached hydrogens (primary N) is 1. The Bertz CT molecular complexity index is 733. The second-order valence-corrected chi connectivity index (χ2v) is 5.12. The Balaban J connectivity index is 2.12. The van der Waals surface area contributed by atoms with Gasteiger partial charge in [0.05, 0.1) is 25.1 Å². The highest BCUT2D eigenvalue weighted by atomic mass is 16.3. The highest BCUT2D eigenvalue weighted by Gasteiger charge is 2.37. The number of hydrogen-bond donors (Lipinski definition) is 4. The number of nitrogens with zero attached hydrogens (tertiary/aromatic N) is 2. The molecule has 2 heterocycles. The molecule has 3 atom stereocenters. The van der Waals surface area contributed by atoms with Crippen molar-refractivity contribution in [1.82, 2.24) is 14.5 Å². The minimum atomic E-state index is -0.650. The fourth-order valence-corrected chi connectivity index (χ4v) is 2.85. The molecule has 106 valence electrons. The maximum atomic E-state index is 11.8. The van der Waals surface area contributed by atoms with Gasteiger partial charge in [-0.1, -0.05) is 6.58 Å². The molecule has 0 aromatic carbocycles. The van der Waals surface area contributed by atoms with Crippen LogP contribution in [0.4, 0.5) is 5.82 Å². The van der Waals surface area contributed by atoms with Crippen molar-refractivity contribution in [2.75, 3.05) is 12.3 Å². The summed E-state index contributed by atoms with van der Waals surface area (Å²) in [6, 6.07) is 1.07. The van der Waals surface area contributed by atoms with Crippen LogP contribution in [0.1, 0.15) is 12.5 Å². The molecule has 5 N–H and O–H groups in total. The number of nitrogens with one attached hydrogen (secondary N) is 1. The van der Waals surface area contributed by atoms with Crippen LogP contribution < -0.4 is 11.2 Å². The number of pyridine rings is 1. The SMILES string of the molecule is C=C1C(CO)[C@@H](O)CC1n1cnc2c(=O)cc(N)[nH]c21. The van der Waals surface area contributed by atoms with Gasteiger partial charge in [-0.05, 0) is 12.0 Å². The Kier molecular flexibility index (Phi) is 2.88. The molecule has 2 aromatic rings. The minimum Gasteiger partial charge on any atom is -0.396 e. The van der Waals surface area contributed by atoms with Gasteiger partial charge < -0.3 is 25.5 Å². The Morgan fingerprint density at radius 2 is 2.35 bits per heavy atom. The van der Waals surface area contributed by atoms with E-state index in [2.05, 4.69) is 16.5 Å². The second kappa shape index (κ2) is 4.46. The Morgan fingerprint density at radius 1 is 1.60 bits per heavy atom. The van der Waals surface area contributed by atoms with E-state index in [9.17, 15) is 15.0 Å². The molecule has 1 aliphatic carbocycles. The Hall–Kier alpha value is -2.12. The number of rotatable bonds is 2. The van der Waals surface area contributed by atoms with Crippen LogP contribution >= 0.6 is 0 Å². The summed E-state index contributed by atoms with van der Waals surface area (Å²) in [6.07, 6.45) is 1.30. The normalized spacial score (nSPS) is 26.5. The predicted octanol–water partition coefficient (Wildman–Crippen LogP) is -0.223. The van der Waals surface area contributed by atoms with Gasteiger partial charge in [-0.3, -0.25) is 4.79 Å². The van der Waals surface area contributed by atoms with Crippen LogP contribution in [-0.2, 0) is 0 Å². The van der Waals surface area contributed by atoms with E-state index in [1.807, 2.05) is 0 Å².